The predicted molar refractivity (Wildman–Crippen MR) is 69.1 cm³/mol. The summed E-state index contributed by atoms with van der Waals surface area (Å²) in [5.74, 6) is -2.51. The van der Waals surface area contributed by atoms with E-state index in [1.807, 2.05) is 0 Å². The average molecular weight is 292 g/mol. The number of carbonyl (C=O) groups is 1. The first-order chi connectivity index (χ1) is 9.90. The van der Waals surface area contributed by atoms with Gasteiger partial charge in [0.1, 0.15) is 11.8 Å². The fraction of sp³-hybridized carbons (Fsp3) is 0.0769. The van der Waals surface area contributed by atoms with Gasteiger partial charge in [-0.15, -0.1) is 0 Å². The predicted octanol–water partition coefficient (Wildman–Crippen LogP) is 2.93. The van der Waals surface area contributed by atoms with Crippen LogP contribution in [0.15, 0.2) is 30.5 Å². The number of carboxylic acids is 1. The van der Waals surface area contributed by atoms with Crippen molar-refractivity contribution < 1.29 is 24.0 Å². The summed E-state index contributed by atoms with van der Waals surface area (Å²) in [6.45, 7) is 1.54. The van der Waals surface area contributed by atoms with Crippen molar-refractivity contribution in [2.75, 3.05) is 0 Å². The van der Waals surface area contributed by atoms with Crippen LogP contribution in [0.2, 0.25) is 0 Å². The summed E-state index contributed by atoms with van der Waals surface area (Å²) < 4.78 is 18.9. The molecule has 0 aliphatic heterocycles. The van der Waals surface area contributed by atoms with Gasteiger partial charge in [0.15, 0.2) is 11.6 Å². The van der Waals surface area contributed by atoms with Crippen LogP contribution in [-0.2, 0) is 0 Å². The van der Waals surface area contributed by atoms with Gasteiger partial charge in [-0.25, -0.2) is 14.2 Å². The van der Waals surface area contributed by atoms with Crippen molar-refractivity contribution in [3.8, 4) is 11.6 Å². The quantitative estimate of drug-likeness (QED) is 0.686. The van der Waals surface area contributed by atoms with E-state index in [1.54, 1.807) is 6.07 Å². The Morgan fingerprint density at radius 1 is 1.48 bits per heavy atom. The van der Waals surface area contributed by atoms with E-state index in [0.29, 0.717) is 5.56 Å². The molecule has 8 heteroatoms. The number of halogens is 1. The SMILES string of the molecule is Cc1cccc(Oc2cc(C(=O)O)c([N+](=O)[O-])cn2)c1F. The molecule has 0 radical (unpaired) electrons. The van der Waals surface area contributed by atoms with Crippen molar-refractivity contribution in [1.82, 2.24) is 4.98 Å². The van der Waals surface area contributed by atoms with Gasteiger partial charge in [0, 0.05) is 6.07 Å². The molecule has 0 saturated carbocycles. The molecule has 21 heavy (non-hydrogen) atoms. The average Bonchev–Trinajstić information content (AvgIpc) is 2.43. The van der Waals surface area contributed by atoms with Crippen LogP contribution in [-0.4, -0.2) is 21.0 Å². The molecule has 0 saturated heterocycles. The molecule has 0 spiro atoms. The number of rotatable bonds is 4. The number of nitro groups is 1. The summed E-state index contributed by atoms with van der Waals surface area (Å²) in [6.07, 6.45) is 0.756. The van der Waals surface area contributed by atoms with Gasteiger partial charge in [-0.3, -0.25) is 10.1 Å². The fourth-order valence-electron chi connectivity index (χ4n) is 1.61. The third-order valence-corrected chi connectivity index (χ3v) is 2.66. The van der Waals surface area contributed by atoms with Crippen LogP contribution in [0.1, 0.15) is 15.9 Å². The van der Waals surface area contributed by atoms with Crippen LogP contribution in [0, 0.1) is 22.9 Å². The zero-order valence-corrected chi connectivity index (χ0v) is 10.7. The molecule has 0 aliphatic carbocycles. The van der Waals surface area contributed by atoms with Gasteiger partial charge >= 0.3 is 11.7 Å². The Bertz CT molecular complexity index is 732. The Hall–Kier alpha value is -3.03. The second-order valence-corrected chi connectivity index (χ2v) is 4.09. The lowest BCUT2D eigenvalue weighted by atomic mass is 10.2. The van der Waals surface area contributed by atoms with Crippen molar-refractivity contribution >= 4 is 11.7 Å². The Labute approximate surface area is 117 Å². The maximum absolute atomic E-state index is 13.8. The molecule has 1 aromatic heterocycles. The Morgan fingerprint density at radius 2 is 2.19 bits per heavy atom. The number of hydrogen-bond acceptors (Lipinski definition) is 5. The van der Waals surface area contributed by atoms with Crippen LogP contribution in [0.25, 0.3) is 0 Å². The zero-order chi connectivity index (χ0) is 15.6. The summed E-state index contributed by atoms with van der Waals surface area (Å²) in [5, 5.41) is 19.6. The van der Waals surface area contributed by atoms with Crippen LogP contribution in [0.3, 0.4) is 0 Å². The van der Waals surface area contributed by atoms with Gasteiger partial charge < -0.3 is 9.84 Å². The second-order valence-electron chi connectivity index (χ2n) is 4.09. The van der Waals surface area contributed by atoms with Gasteiger partial charge in [0.2, 0.25) is 5.88 Å². The van der Waals surface area contributed by atoms with E-state index < -0.39 is 28.0 Å². The lowest BCUT2D eigenvalue weighted by Crippen LogP contribution is -2.04. The fourth-order valence-corrected chi connectivity index (χ4v) is 1.61. The number of hydrogen-bond donors (Lipinski definition) is 1. The molecule has 0 fully saturated rings. The minimum Gasteiger partial charge on any atom is -0.477 e. The standard InChI is InChI=1S/C13H9FN2O5/c1-7-3-2-4-10(12(7)14)21-11-5-8(13(17)18)9(6-15-11)16(19)20/h2-6H,1H3,(H,17,18). The zero-order valence-electron chi connectivity index (χ0n) is 10.7. The van der Waals surface area contributed by atoms with Crippen molar-refractivity contribution in [1.29, 1.82) is 0 Å². The van der Waals surface area contributed by atoms with E-state index in [-0.39, 0.29) is 11.6 Å². The van der Waals surface area contributed by atoms with E-state index in [9.17, 15) is 19.3 Å². The molecular formula is C13H9FN2O5. The highest BCUT2D eigenvalue weighted by atomic mass is 19.1. The molecule has 1 N–H and O–H groups in total. The highest BCUT2D eigenvalue weighted by Gasteiger charge is 2.22. The van der Waals surface area contributed by atoms with E-state index in [0.717, 1.165) is 12.3 Å². The number of nitrogens with zero attached hydrogens (tertiary/aromatic N) is 2. The summed E-state index contributed by atoms with van der Waals surface area (Å²) >= 11 is 0. The maximum atomic E-state index is 13.8. The molecule has 2 aromatic rings. The van der Waals surface area contributed by atoms with Gasteiger partial charge in [0.25, 0.3) is 0 Å². The summed E-state index contributed by atoms with van der Waals surface area (Å²) in [4.78, 5) is 24.4. The number of benzene rings is 1. The summed E-state index contributed by atoms with van der Waals surface area (Å²) in [7, 11) is 0. The molecule has 108 valence electrons. The normalized spacial score (nSPS) is 10.2. The molecule has 0 unspecified atom stereocenters. The first kappa shape index (κ1) is 14.4. The molecule has 1 aromatic carbocycles. The second kappa shape index (κ2) is 5.53. The largest absolute Gasteiger partial charge is 0.477 e. The topological polar surface area (TPSA) is 103 Å². The van der Waals surface area contributed by atoms with Gasteiger partial charge in [0.05, 0.1) is 4.92 Å². The molecule has 7 nitrogen and oxygen atoms in total. The van der Waals surface area contributed by atoms with E-state index in [2.05, 4.69) is 4.98 Å². The highest BCUT2D eigenvalue weighted by Crippen LogP contribution is 2.27. The number of ether oxygens (including phenoxy) is 1. The monoisotopic (exact) mass is 292 g/mol. The first-order valence-electron chi connectivity index (χ1n) is 5.71. The number of aryl methyl sites for hydroxylation is 1. The number of aromatic carboxylic acids is 1. The number of carboxylic acid groups (broad SMARTS) is 1. The third-order valence-electron chi connectivity index (χ3n) is 2.66. The van der Waals surface area contributed by atoms with E-state index >= 15 is 0 Å². The molecule has 0 amide bonds. The molecule has 2 rings (SSSR count). The number of pyridine rings is 1. The Balaban J connectivity index is 2.42. The van der Waals surface area contributed by atoms with Crippen LogP contribution < -0.4 is 4.74 Å². The van der Waals surface area contributed by atoms with Crippen LogP contribution in [0.5, 0.6) is 11.6 Å². The Kier molecular flexibility index (Phi) is 3.79. The Morgan fingerprint density at radius 3 is 2.81 bits per heavy atom. The van der Waals surface area contributed by atoms with Gasteiger partial charge in [-0.2, -0.15) is 0 Å². The maximum Gasteiger partial charge on any atom is 0.342 e. The smallest absolute Gasteiger partial charge is 0.342 e. The van der Waals surface area contributed by atoms with Crippen molar-refractivity contribution in [2.24, 2.45) is 0 Å². The minimum atomic E-state index is -1.50. The van der Waals surface area contributed by atoms with Crippen molar-refractivity contribution in [2.45, 2.75) is 6.92 Å². The van der Waals surface area contributed by atoms with Gasteiger partial charge in [-0.05, 0) is 18.6 Å². The molecule has 0 bridgehead atoms. The summed E-state index contributed by atoms with van der Waals surface area (Å²) in [5.41, 5.74) is -0.912. The van der Waals surface area contributed by atoms with Crippen molar-refractivity contribution in [3.05, 3.63) is 57.5 Å². The number of aromatic nitrogens is 1. The first-order valence-corrected chi connectivity index (χ1v) is 5.71. The highest BCUT2D eigenvalue weighted by molar-refractivity contribution is 5.92. The molecule has 0 atom stereocenters. The summed E-state index contributed by atoms with van der Waals surface area (Å²) in [6, 6.07) is 5.31. The van der Waals surface area contributed by atoms with E-state index in [4.69, 9.17) is 9.84 Å². The lowest BCUT2D eigenvalue weighted by molar-refractivity contribution is -0.385. The molecular weight excluding hydrogens is 283 g/mol. The van der Waals surface area contributed by atoms with Crippen LogP contribution in [0.4, 0.5) is 10.1 Å². The molecule has 0 aliphatic rings. The molecule has 1 heterocycles. The van der Waals surface area contributed by atoms with Crippen molar-refractivity contribution in [3.63, 3.8) is 0 Å². The lowest BCUT2D eigenvalue weighted by Gasteiger charge is -2.07. The van der Waals surface area contributed by atoms with E-state index in [1.165, 1.54) is 19.1 Å². The third kappa shape index (κ3) is 2.94. The minimum absolute atomic E-state index is 0.146. The van der Waals surface area contributed by atoms with Crippen LogP contribution >= 0.6 is 0 Å². The van der Waals surface area contributed by atoms with Gasteiger partial charge in [-0.1, -0.05) is 12.1 Å².